The molecule has 0 aliphatic carbocycles. The normalized spacial score (nSPS) is 12.6. The molecule has 0 aliphatic rings. The molecule has 84 valence electrons. The third-order valence-electron chi connectivity index (χ3n) is 2.44. The van der Waals surface area contributed by atoms with E-state index in [1.54, 1.807) is 23.7 Å². The first-order chi connectivity index (χ1) is 7.79. The molecule has 1 N–H and O–H groups in total. The summed E-state index contributed by atoms with van der Waals surface area (Å²) in [6.07, 6.45) is 4.39. The number of hydrogen-bond acceptors (Lipinski definition) is 5. The zero-order chi connectivity index (χ0) is 11.4. The van der Waals surface area contributed by atoms with Gasteiger partial charge in [-0.25, -0.2) is 4.98 Å². The number of thiazole rings is 1. The van der Waals surface area contributed by atoms with Crippen molar-refractivity contribution in [2.75, 3.05) is 7.05 Å². The fourth-order valence-electron chi connectivity index (χ4n) is 1.60. The van der Waals surface area contributed by atoms with Crippen molar-refractivity contribution in [3.63, 3.8) is 0 Å². The lowest BCUT2D eigenvalue weighted by Crippen LogP contribution is -2.19. The molecule has 5 heteroatoms. The summed E-state index contributed by atoms with van der Waals surface area (Å²) < 4.78 is 0. The third kappa shape index (κ3) is 2.62. The summed E-state index contributed by atoms with van der Waals surface area (Å²) in [4.78, 5) is 4.47. The minimum atomic E-state index is 0.247. The second-order valence-electron chi connectivity index (χ2n) is 3.58. The SMILES string of the molecule is CNC(Cc1csc(C)n1)c1ccnnc1. The fourth-order valence-corrected chi connectivity index (χ4v) is 2.23. The lowest BCUT2D eigenvalue weighted by atomic mass is 10.1. The first-order valence-corrected chi connectivity index (χ1v) is 6.02. The Labute approximate surface area is 98.8 Å². The van der Waals surface area contributed by atoms with Crippen LogP contribution in [0.1, 0.15) is 22.3 Å². The maximum atomic E-state index is 4.47. The molecule has 0 saturated heterocycles. The minimum absolute atomic E-state index is 0.247. The molecular weight excluding hydrogens is 220 g/mol. The van der Waals surface area contributed by atoms with Gasteiger partial charge >= 0.3 is 0 Å². The van der Waals surface area contributed by atoms with Gasteiger partial charge in [-0.3, -0.25) is 0 Å². The van der Waals surface area contributed by atoms with E-state index in [0.717, 1.165) is 22.7 Å². The van der Waals surface area contributed by atoms with Gasteiger partial charge in [0.05, 0.1) is 16.9 Å². The van der Waals surface area contributed by atoms with E-state index in [4.69, 9.17) is 0 Å². The summed E-state index contributed by atoms with van der Waals surface area (Å²) in [5.74, 6) is 0. The van der Waals surface area contributed by atoms with Crippen molar-refractivity contribution in [1.82, 2.24) is 20.5 Å². The van der Waals surface area contributed by atoms with Crippen molar-refractivity contribution in [3.05, 3.63) is 40.1 Å². The van der Waals surface area contributed by atoms with Crippen LogP contribution in [0.25, 0.3) is 0 Å². The lowest BCUT2D eigenvalue weighted by molar-refractivity contribution is 0.581. The van der Waals surface area contributed by atoms with Crippen LogP contribution < -0.4 is 5.32 Å². The van der Waals surface area contributed by atoms with Gasteiger partial charge in [-0.2, -0.15) is 10.2 Å². The summed E-state index contributed by atoms with van der Waals surface area (Å²) in [7, 11) is 1.95. The molecule has 0 saturated carbocycles. The molecule has 1 unspecified atom stereocenters. The van der Waals surface area contributed by atoms with Gasteiger partial charge in [0.25, 0.3) is 0 Å². The number of rotatable bonds is 4. The highest BCUT2D eigenvalue weighted by Gasteiger charge is 2.11. The first-order valence-electron chi connectivity index (χ1n) is 5.14. The van der Waals surface area contributed by atoms with E-state index in [9.17, 15) is 0 Å². The molecule has 0 fully saturated rings. The zero-order valence-corrected chi connectivity index (χ0v) is 10.2. The number of nitrogens with one attached hydrogen (secondary N) is 1. The number of nitrogens with zero attached hydrogens (tertiary/aromatic N) is 3. The monoisotopic (exact) mass is 234 g/mol. The van der Waals surface area contributed by atoms with Crippen LogP contribution in [-0.2, 0) is 6.42 Å². The fraction of sp³-hybridized carbons (Fsp3) is 0.364. The molecule has 1 atom stereocenters. The summed E-state index contributed by atoms with van der Waals surface area (Å²) in [6, 6.07) is 2.23. The van der Waals surface area contributed by atoms with Crippen LogP contribution in [0.15, 0.2) is 23.8 Å². The maximum absolute atomic E-state index is 4.47. The van der Waals surface area contributed by atoms with E-state index in [1.807, 2.05) is 20.0 Å². The van der Waals surface area contributed by atoms with Gasteiger partial charge in [0, 0.05) is 24.0 Å². The van der Waals surface area contributed by atoms with E-state index >= 15 is 0 Å². The van der Waals surface area contributed by atoms with Crippen LogP contribution in [0, 0.1) is 6.92 Å². The van der Waals surface area contributed by atoms with Crippen LogP contribution in [0.3, 0.4) is 0 Å². The molecule has 2 rings (SSSR count). The minimum Gasteiger partial charge on any atom is -0.313 e. The van der Waals surface area contributed by atoms with Gasteiger partial charge < -0.3 is 5.32 Å². The van der Waals surface area contributed by atoms with Crippen molar-refractivity contribution >= 4 is 11.3 Å². The van der Waals surface area contributed by atoms with Crippen molar-refractivity contribution in [3.8, 4) is 0 Å². The van der Waals surface area contributed by atoms with Crippen molar-refractivity contribution < 1.29 is 0 Å². The molecule has 2 aromatic heterocycles. The highest BCUT2D eigenvalue weighted by atomic mass is 32.1. The Morgan fingerprint density at radius 3 is 2.88 bits per heavy atom. The quantitative estimate of drug-likeness (QED) is 0.875. The Morgan fingerprint density at radius 1 is 1.44 bits per heavy atom. The van der Waals surface area contributed by atoms with Crippen LogP contribution in [0.5, 0.6) is 0 Å². The molecule has 0 spiro atoms. The average Bonchev–Trinajstić information content (AvgIpc) is 2.73. The van der Waals surface area contributed by atoms with Gasteiger partial charge in [-0.15, -0.1) is 11.3 Å². The Morgan fingerprint density at radius 2 is 2.31 bits per heavy atom. The van der Waals surface area contributed by atoms with Crippen LogP contribution in [-0.4, -0.2) is 22.2 Å². The predicted octanol–water partition coefficient (Wildman–Crippen LogP) is 1.74. The van der Waals surface area contributed by atoms with Crippen molar-refractivity contribution in [2.24, 2.45) is 0 Å². The second-order valence-corrected chi connectivity index (χ2v) is 4.64. The van der Waals surface area contributed by atoms with E-state index in [0.29, 0.717) is 0 Å². The van der Waals surface area contributed by atoms with E-state index in [-0.39, 0.29) is 6.04 Å². The lowest BCUT2D eigenvalue weighted by Gasteiger charge is -2.14. The molecule has 0 bridgehead atoms. The molecule has 0 aromatic carbocycles. The Balaban J connectivity index is 2.12. The molecule has 2 heterocycles. The molecule has 0 radical (unpaired) electrons. The number of likely N-dealkylation sites (N-methyl/N-ethyl adjacent to an activating group) is 1. The van der Waals surface area contributed by atoms with Gasteiger partial charge in [0.15, 0.2) is 0 Å². The summed E-state index contributed by atoms with van der Waals surface area (Å²) in [6.45, 7) is 2.02. The number of aromatic nitrogens is 3. The largest absolute Gasteiger partial charge is 0.313 e. The summed E-state index contributed by atoms with van der Waals surface area (Å²) in [5, 5.41) is 14.2. The van der Waals surface area contributed by atoms with E-state index in [2.05, 4.69) is 25.9 Å². The molecule has 4 nitrogen and oxygen atoms in total. The Hall–Kier alpha value is -1.33. The highest BCUT2D eigenvalue weighted by Crippen LogP contribution is 2.18. The predicted molar refractivity (Wildman–Crippen MR) is 64.4 cm³/mol. The highest BCUT2D eigenvalue weighted by molar-refractivity contribution is 7.09. The smallest absolute Gasteiger partial charge is 0.0897 e. The topological polar surface area (TPSA) is 50.7 Å². The molecule has 2 aromatic rings. The van der Waals surface area contributed by atoms with Gasteiger partial charge in [-0.05, 0) is 25.6 Å². The Bertz CT molecular complexity index is 440. The Kier molecular flexibility index (Phi) is 3.58. The second kappa shape index (κ2) is 5.14. The van der Waals surface area contributed by atoms with Gasteiger partial charge in [0.1, 0.15) is 0 Å². The molecule has 0 amide bonds. The number of aryl methyl sites for hydroxylation is 1. The summed E-state index contributed by atoms with van der Waals surface area (Å²) >= 11 is 1.69. The zero-order valence-electron chi connectivity index (χ0n) is 9.34. The maximum Gasteiger partial charge on any atom is 0.0897 e. The van der Waals surface area contributed by atoms with E-state index < -0.39 is 0 Å². The molecular formula is C11H14N4S. The molecule has 16 heavy (non-hydrogen) atoms. The summed E-state index contributed by atoms with van der Waals surface area (Å²) in [5.41, 5.74) is 2.27. The molecule has 0 aliphatic heterocycles. The van der Waals surface area contributed by atoms with Crippen molar-refractivity contribution in [1.29, 1.82) is 0 Å². The van der Waals surface area contributed by atoms with Gasteiger partial charge in [-0.1, -0.05) is 0 Å². The first kappa shape index (κ1) is 11.2. The third-order valence-corrected chi connectivity index (χ3v) is 3.26. The number of hydrogen-bond donors (Lipinski definition) is 1. The standard InChI is InChI=1S/C11H14N4S/c1-8-15-10(7-16-8)5-11(12-2)9-3-4-13-14-6-9/h3-4,6-7,11-12H,5H2,1-2H3. The van der Waals surface area contributed by atoms with Crippen LogP contribution in [0.4, 0.5) is 0 Å². The van der Waals surface area contributed by atoms with Crippen LogP contribution >= 0.6 is 11.3 Å². The van der Waals surface area contributed by atoms with Crippen LogP contribution in [0.2, 0.25) is 0 Å². The van der Waals surface area contributed by atoms with Gasteiger partial charge in [0.2, 0.25) is 0 Å². The van der Waals surface area contributed by atoms with Crippen molar-refractivity contribution in [2.45, 2.75) is 19.4 Å². The average molecular weight is 234 g/mol. The van der Waals surface area contributed by atoms with E-state index in [1.165, 1.54) is 0 Å².